The second kappa shape index (κ2) is 5.30. The second-order valence-electron chi connectivity index (χ2n) is 7.42. The molecule has 4 rings (SSSR count). The van der Waals surface area contributed by atoms with Crippen molar-refractivity contribution in [1.29, 1.82) is 0 Å². The van der Waals surface area contributed by atoms with E-state index in [1.165, 1.54) is 45.2 Å². The van der Waals surface area contributed by atoms with Gasteiger partial charge in [-0.1, -0.05) is 6.42 Å². The summed E-state index contributed by atoms with van der Waals surface area (Å²) >= 11 is 0. The zero-order chi connectivity index (χ0) is 13.5. The monoisotopic (exact) mass is 277 g/mol. The Morgan fingerprint density at radius 1 is 1.10 bits per heavy atom. The Morgan fingerprint density at radius 2 is 2.00 bits per heavy atom. The molecular formula is C16H27N3O. The summed E-state index contributed by atoms with van der Waals surface area (Å²) in [5.41, 5.74) is 0. The third kappa shape index (κ3) is 2.60. The first-order valence-corrected chi connectivity index (χ1v) is 8.52. The summed E-state index contributed by atoms with van der Waals surface area (Å²) in [5, 5.41) is 3.10. The van der Waals surface area contributed by atoms with Crippen LogP contribution in [0.4, 0.5) is 0 Å². The predicted molar refractivity (Wildman–Crippen MR) is 78.4 cm³/mol. The lowest BCUT2D eigenvalue weighted by Crippen LogP contribution is -2.42. The van der Waals surface area contributed by atoms with Crippen molar-refractivity contribution in [3.05, 3.63) is 0 Å². The van der Waals surface area contributed by atoms with Gasteiger partial charge in [-0.2, -0.15) is 0 Å². The molecule has 0 aromatic carbocycles. The molecule has 4 aliphatic rings. The van der Waals surface area contributed by atoms with Crippen LogP contribution in [0.1, 0.15) is 32.1 Å². The van der Waals surface area contributed by atoms with Gasteiger partial charge in [0.1, 0.15) is 0 Å². The fourth-order valence-electron chi connectivity index (χ4n) is 4.62. The van der Waals surface area contributed by atoms with Crippen LogP contribution in [0.3, 0.4) is 0 Å². The summed E-state index contributed by atoms with van der Waals surface area (Å²) in [6.07, 6.45) is 6.82. The van der Waals surface area contributed by atoms with Crippen LogP contribution < -0.4 is 5.32 Å². The summed E-state index contributed by atoms with van der Waals surface area (Å²) in [5.74, 6) is 2.70. The maximum Gasteiger partial charge on any atom is 0.234 e. The maximum atomic E-state index is 12.0. The highest BCUT2D eigenvalue weighted by atomic mass is 16.2. The molecule has 1 amide bonds. The molecule has 4 fully saturated rings. The van der Waals surface area contributed by atoms with Crippen molar-refractivity contribution in [3.63, 3.8) is 0 Å². The lowest BCUT2D eigenvalue weighted by Gasteiger charge is -2.33. The van der Waals surface area contributed by atoms with Gasteiger partial charge in [0, 0.05) is 32.2 Å². The van der Waals surface area contributed by atoms with E-state index in [-0.39, 0.29) is 5.91 Å². The fraction of sp³-hybridized carbons (Fsp3) is 0.938. The molecule has 1 saturated carbocycles. The molecule has 3 saturated heterocycles. The average Bonchev–Trinajstić information content (AvgIpc) is 3.10. The topological polar surface area (TPSA) is 35.6 Å². The van der Waals surface area contributed by atoms with E-state index in [0.717, 1.165) is 43.4 Å². The summed E-state index contributed by atoms with van der Waals surface area (Å²) in [6.45, 7) is 6.45. The van der Waals surface area contributed by atoms with Gasteiger partial charge in [-0.25, -0.2) is 0 Å². The van der Waals surface area contributed by atoms with E-state index >= 15 is 0 Å². The number of nitrogens with one attached hydrogen (secondary N) is 1. The zero-order valence-corrected chi connectivity index (χ0v) is 12.4. The van der Waals surface area contributed by atoms with Gasteiger partial charge in [0.25, 0.3) is 0 Å². The van der Waals surface area contributed by atoms with Crippen LogP contribution in [0.25, 0.3) is 0 Å². The van der Waals surface area contributed by atoms with E-state index < -0.39 is 0 Å². The summed E-state index contributed by atoms with van der Waals surface area (Å²) in [7, 11) is 0. The molecule has 4 nitrogen and oxygen atoms in total. The average molecular weight is 277 g/mol. The molecule has 0 aromatic rings. The van der Waals surface area contributed by atoms with Gasteiger partial charge in [0.05, 0.1) is 6.54 Å². The molecular weight excluding hydrogens is 250 g/mol. The lowest BCUT2D eigenvalue weighted by molar-refractivity contribution is -0.122. The van der Waals surface area contributed by atoms with Crippen molar-refractivity contribution in [2.24, 2.45) is 17.8 Å². The Kier molecular flexibility index (Phi) is 3.47. The number of hydrogen-bond acceptors (Lipinski definition) is 3. The first-order valence-electron chi connectivity index (χ1n) is 8.52. The fourth-order valence-corrected chi connectivity index (χ4v) is 4.62. The zero-order valence-electron chi connectivity index (χ0n) is 12.4. The van der Waals surface area contributed by atoms with Crippen molar-refractivity contribution in [2.75, 3.05) is 39.3 Å². The molecule has 0 bridgehead atoms. The summed E-state index contributed by atoms with van der Waals surface area (Å²) in [4.78, 5) is 17.1. The molecule has 20 heavy (non-hydrogen) atoms. The molecule has 3 atom stereocenters. The number of amides is 1. The highest BCUT2D eigenvalue weighted by Gasteiger charge is 2.47. The number of fused-ring (bicyclic) bond motifs is 3. The predicted octanol–water partition coefficient (Wildman–Crippen LogP) is 0.929. The Bertz CT molecular complexity index is 382. The van der Waals surface area contributed by atoms with Gasteiger partial charge in [0.2, 0.25) is 5.91 Å². The van der Waals surface area contributed by atoms with Crippen LogP contribution >= 0.6 is 0 Å². The van der Waals surface area contributed by atoms with Gasteiger partial charge < -0.3 is 5.32 Å². The highest BCUT2D eigenvalue weighted by Crippen LogP contribution is 2.40. The second-order valence-corrected chi connectivity index (χ2v) is 7.42. The van der Waals surface area contributed by atoms with Gasteiger partial charge >= 0.3 is 0 Å². The van der Waals surface area contributed by atoms with Crippen LogP contribution in [0, 0.1) is 17.8 Å². The molecule has 3 aliphatic heterocycles. The smallest absolute Gasteiger partial charge is 0.234 e. The minimum Gasteiger partial charge on any atom is -0.355 e. The van der Waals surface area contributed by atoms with Gasteiger partial charge in [0.15, 0.2) is 0 Å². The molecule has 0 spiro atoms. The van der Waals surface area contributed by atoms with Gasteiger partial charge in [-0.05, 0) is 50.0 Å². The third-order valence-electron chi connectivity index (χ3n) is 5.85. The number of piperidine rings is 1. The van der Waals surface area contributed by atoms with Crippen LogP contribution in [0.15, 0.2) is 0 Å². The molecule has 0 unspecified atom stereocenters. The molecule has 0 aromatic heterocycles. The van der Waals surface area contributed by atoms with Crippen LogP contribution in [0.2, 0.25) is 0 Å². The molecule has 112 valence electrons. The molecule has 4 heteroatoms. The number of carbonyl (C=O) groups is 1. The molecule has 1 aliphatic carbocycles. The van der Waals surface area contributed by atoms with E-state index in [4.69, 9.17) is 0 Å². The molecule has 3 heterocycles. The number of nitrogens with zero attached hydrogens (tertiary/aromatic N) is 2. The SMILES string of the molecule is O=C(CN1C[C@@H]2CN3CCCC[C@@H]3[C@H]2C1)NCC1CC1. The van der Waals surface area contributed by atoms with Crippen molar-refractivity contribution in [2.45, 2.75) is 38.1 Å². The lowest BCUT2D eigenvalue weighted by atomic mass is 9.90. The van der Waals surface area contributed by atoms with E-state index in [1.54, 1.807) is 0 Å². The number of rotatable bonds is 4. The first-order chi connectivity index (χ1) is 9.79. The van der Waals surface area contributed by atoms with E-state index in [2.05, 4.69) is 15.1 Å². The Balaban J connectivity index is 1.27. The Hall–Kier alpha value is -0.610. The highest BCUT2D eigenvalue weighted by molar-refractivity contribution is 5.78. The minimum absolute atomic E-state index is 0.248. The quantitative estimate of drug-likeness (QED) is 0.830. The normalized spacial score (nSPS) is 37.7. The minimum atomic E-state index is 0.248. The van der Waals surface area contributed by atoms with Crippen LogP contribution in [-0.2, 0) is 4.79 Å². The summed E-state index contributed by atoms with van der Waals surface area (Å²) in [6, 6.07) is 0.827. The third-order valence-corrected chi connectivity index (χ3v) is 5.85. The summed E-state index contributed by atoms with van der Waals surface area (Å²) < 4.78 is 0. The Morgan fingerprint density at radius 3 is 2.85 bits per heavy atom. The maximum absolute atomic E-state index is 12.0. The number of hydrogen-bond donors (Lipinski definition) is 1. The number of likely N-dealkylation sites (tertiary alicyclic amines) is 1. The first kappa shape index (κ1) is 13.1. The largest absolute Gasteiger partial charge is 0.355 e. The van der Waals surface area contributed by atoms with Crippen molar-refractivity contribution < 1.29 is 4.79 Å². The van der Waals surface area contributed by atoms with Crippen molar-refractivity contribution in [1.82, 2.24) is 15.1 Å². The van der Waals surface area contributed by atoms with Crippen LogP contribution in [0.5, 0.6) is 0 Å². The number of carbonyl (C=O) groups excluding carboxylic acids is 1. The molecule has 0 radical (unpaired) electrons. The standard InChI is InChI=1S/C16H27N3O/c20-16(17-7-12-4-5-12)11-18-8-13-9-19-6-2-1-3-15(19)14(13)10-18/h12-15H,1-11H2,(H,17,20)/t13-,14+,15-/m1/s1. The van der Waals surface area contributed by atoms with Crippen molar-refractivity contribution in [3.8, 4) is 0 Å². The van der Waals surface area contributed by atoms with Crippen molar-refractivity contribution >= 4 is 5.91 Å². The van der Waals surface area contributed by atoms with E-state index in [1.807, 2.05) is 0 Å². The van der Waals surface area contributed by atoms with Gasteiger partial charge in [-0.3, -0.25) is 14.6 Å². The van der Waals surface area contributed by atoms with Gasteiger partial charge in [-0.15, -0.1) is 0 Å². The van der Waals surface area contributed by atoms with E-state index in [9.17, 15) is 4.79 Å². The molecule has 1 N–H and O–H groups in total. The Labute approximate surface area is 121 Å². The van der Waals surface area contributed by atoms with Crippen LogP contribution in [-0.4, -0.2) is 61.0 Å². The van der Waals surface area contributed by atoms with E-state index in [0.29, 0.717) is 6.54 Å².